The Morgan fingerprint density at radius 2 is 1.83 bits per heavy atom. The molecule has 0 aliphatic carbocycles. The molecule has 0 spiro atoms. The molecule has 0 aromatic heterocycles. The van der Waals surface area contributed by atoms with Crippen LogP contribution in [0.25, 0.3) is 0 Å². The number of rotatable bonds is 4. The van der Waals surface area contributed by atoms with Gasteiger partial charge < -0.3 is 10.2 Å². The van der Waals surface area contributed by atoms with Gasteiger partial charge in [-0.2, -0.15) is 0 Å². The summed E-state index contributed by atoms with van der Waals surface area (Å²) in [4.78, 5) is 27.9. The number of benzene rings is 1. The molecule has 2 amide bonds. The van der Waals surface area contributed by atoms with E-state index < -0.39 is 0 Å². The molecule has 1 aromatic carbocycles. The van der Waals surface area contributed by atoms with E-state index in [0.717, 1.165) is 0 Å². The Labute approximate surface area is 146 Å². The van der Waals surface area contributed by atoms with Gasteiger partial charge >= 0.3 is 0 Å². The summed E-state index contributed by atoms with van der Waals surface area (Å²) in [5.41, 5.74) is 0.551. The van der Waals surface area contributed by atoms with E-state index >= 15 is 0 Å². The van der Waals surface area contributed by atoms with E-state index in [9.17, 15) is 9.59 Å². The van der Waals surface area contributed by atoms with Gasteiger partial charge in [0.25, 0.3) is 0 Å². The van der Waals surface area contributed by atoms with E-state index in [4.69, 9.17) is 23.2 Å². The maximum atomic E-state index is 12.1. The molecule has 0 radical (unpaired) electrons. The van der Waals surface area contributed by atoms with E-state index in [1.165, 1.54) is 0 Å². The SMILES string of the molecule is CC(C)C(=O)N1CCN(CC(=O)Nc2ccc(Cl)cc2Cl)CC1. The van der Waals surface area contributed by atoms with Crippen molar-refractivity contribution in [1.29, 1.82) is 0 Å². The Morgan fingerprint density at radius 3 is 2.39 bits per heavy atom. The lowest BCUT2D eigenvalue weighted by Crippen LogP contribution is -2.51. The van der Waals surface area contributed by atoms with E-state index in [2.05, 4.69) is 5.32 Å². The number of anilines is 1. The number of carbonyl (C=O) groups is 2. The van der Waals surface area contributed by atoms with Crippen LogP contribution in [0, 0.1) is 5.92 Å². The summed E-state index contributed by atoms with van der Waals surface area (Å²) in [7, 11) is 0. The van der Waals surface area contributed by atoms with Crippen molar-refractivity contribution in [2.24, 2.45) is 5.92 Å². The summed E-state index contributed by atoms with van der Waals surface area (Å²) < 4.78 is 0. The number of piperazine rings is 1. The number of carbonyl (C=O) groups excluding carboxylic acids is 2. The minimum absolute atomic E-state index is 0.0110. The van der Waals surface area contributed by atoms with Crippen molar-refractivity contribution < 1.29 is 9.59 Å². The van der Waals surface area contributed by atoms with Gasteiger partial charge in [0.15, 0.2) is 0 Å². The van der Waals surface area contributed by atoms with Gasteiger partial charge in [-0.15, -0.1) is 0 Å². The molecule has 0 atom stereocenters. The summed E-state index contributed by atoms with van der Waals surface area (Å²) >= 11 is 11.9. The Bertz CT molecular complexity index is 585. The van der Waals surface area contributed by atoms with Gasteiger partial charge in [-0.25, -0.2) is 0 Å². The standard InChI is InChI=1S/C16H21Cl2N3O2/c1-11(2)16(23)21-7-5-20(6-8-21)10-15(22)19-14-4-3-12(17)9-13(14)18/h3-4,9,11H,5-8,10H2,1-2H3,(H,19,22). The van der Waals surface area contributed by atoms with Gasteiger partial charge in [0.05, 0.1) is 17.3 Å². The van der Waals surface area contributed by atoms with Crippen molar-refractivity contribution in [2.45, 2.75) is 13.8 Å². The summed E-state index contributed by atoms with van der Waals surface area (Å²) in [5.74, 6) is 0.0526. The summed E-state index contributed by atoms with van der Waals surface area (Å²) in [5, 5.41) is 3.73. The van der Waals surface area contributed by atoms with Crippen molar-refractivity contribution in [3.63, 3.8) is 0 Å². The second-order valence-corrected chi connectivity index (χ2v) is 6.77. The maximum Gasteiger partial charge on any atom is 0.238 e. The fraction of sp³-hybridized carbons (Fsp3) is 0.500. The molecular formula is C16H21Cl2N3O2. The average molecular weight is 358 g/mol. The summed E-state index contributed by atoms with van der Waals surface area (Å²) in [6.45, 7) is 6.79. The quantitative estimate of drug-likeness (QED) is 0.901. The van der Waals surface area contributed by atoms with Crippen LogP contribution in [0.3, 0.4) is 0 Å². The number of hydrogen-bond acceptors (Lipinski definition) is 3. The third kappa shape index (κ3) is 5.09. The van der Waals surface area contributed by atoms with Gasteiger partial charge in [-0.05, 0) is 18.2 Å². The van der Waals surface area contributed by atoms with Gasteiger partial charge in [0.2, 0.25) is 11.8 Å². The highest BCUT2D eigenvalue weighted by Crippen LogP contribution is 2.25. The Kier molecular flexibility index (Phi) is 6.27. The second-order valence-electron chi connectivity index (χ2n) is 5.93. The van der Waals surface area contributed by atoms with Crippen molar-refractivity contribution in [3.05, 3.63) is 28.2 Å². The van der Waals surface area contributed by atoms with Crippen LogP contribution in [0.4, 0.5) is 5.69 Å². The Hall–Kier alpha value is -1.30. The number of amides is 2. The fourth-order valence-electron chi connectivity index (χ4n) is 2.48. The minimum atomic E-state index is -0.127. The van der Waals surface area contributed by atoms with Gasteiger partial charge in [0.1, 0.15) is 0 Å². The molecule has 1 fully saturated rings. The predicted octanol–water partition coefficient (Wildman–Crippen LogP) is 2.73. The van der Waals surface area contributed by atoms with Crippen molar-refractivity contribution in [1.82, 2.24) is 9.80 Å². The third-order valence-corrected chi connectivity index (χ3v) is 4.30. The normalized spacial score (nSPS) is 15.8. The molecule has 1 aliphatic heterocycles. The van der Waals surface area contributed by atoms with Crippen molar-refractivity contribution in [2.75, 3.05) is 38.0 Å². The van der Waals surface area contributed by atoms with Crippen LogP contribution in [0.5, 0.6) is 0 Å². The van der Waals surface area contributed by atoms with Crippen LogP contribution in [0.1, 0.15) is 13.8 Å². The number of nitrogens with zero attached hydrogens (tertiary/aromatic N) is 2. The third-order valence-electron chi connectivity index (χ3n) is 3.75. The molecule has 0 unspecified atom stereocenters. The van der Waals surface area contributed by atoms with Gasteiger partial charge in [0, 0.05) is 37.1 Å². The monoisotopic (exact) mass is 357 g/mol. The topological polar surface area (TPSA) is 52.7 Å². The van der Waals surface area contributed by atoms with E-state index in [1.54, 1.807) is 18.2 Å². The molecule has 1 saturated heterocycles. The van der Waals surface area contributed by atoms with Crippen molar-refractivity contribution in [3.8, 4) is 0 Å². The fourth-order valence-corrected chi connectivity index (χ4v) is 2.93. The van der Waals surface area contributed by atoms with Gasteiger partial charge in [-0.3, -0.25) is 14.5 Å². The highest BCUT2D eigenvalue weighted by atomic mass is 35.5. The van der Waals surface area contributed by atoms with Crippen LogP contribution in [0.15, 0.2) is 18.2 Å². The smallest absolute Gasteiger partial charge is 0.238 e. The largest absolute Gasteiger partial charge is 0.340 e. The van der Waals surface area contributed by atoms with Crippen LogP contribution in [-0.2, 0) is 9.59 Å². The van der Waals surface area contributed by atoms with Crippen LogP contribution in [-0.4, -0.2) is 54.3 Å². The zero-order valence-corrected chi connectivity index (χ0v) is 14.8. The molecule has 1 heterocycles. The first-order valence-electron chi connectivity index (χ1n) is 7.63. The average Bonchev–Trinajstić information content (AvgIpc) is 2.50. The molecule has 1 aliphatic rings. The highest BCUT2D eigenvalue weighted by molar-refractivity contribution is 6.36. The van der Waals surface area contributed by atoms with E-state index in [-0.39, 0.29) is 24.3 Å². The lowest BCUT2D eigenvalue weighted by atomic mass is 10.1. The van der Waals surface area contributed by atoms with Crippen LogP contribution >= 0.6 is 23.2 Å². The highest BCUT2D eigenvalue weighted by Gasteiger charge is 2.23. The Morgan fingerprint density at radius 1 is 1.17 bits per heavy atom. The summed E-state index contributed by atoms with van der Waals surface area (Å²) in [6.07, 6.45) is 0. The Balaban J connectivity index is 1.82. The maximum absolute atomic E-state index is 12.1. The summed E-state index contributed by atoms with van der Waals surface area (Å²) in [6, 6.07) is 4.95. The minimum Gasteiger partial charge on any atom is -0.340 e. The lowest BCUT2D eigenvalue weighted by Gasteiger charge is -2.35. The molecule has 0 bridgehead atoms. The molecule has 1 aromatic rings. The first-order valence-corrected chi connectivity index (χ1v) is 8.38. The predicted molar refractivity (Wildman–Crippen MR) is 92.9 cm³/mol. The van der Waals surface area contributed by atoms with E-state index in [1.807, 2.05) is 23.6 Å². The lowest BCUT2D eigenvalue weighted by molar-refractivity contribution is -0.136. The van der Waals surface area contributed by atoms with Crippen molar-refractivity contribution >= 4 is 40.7 Å². The molecule has 2 rings (SSSR count). The number of nitrogens with one attached hydrogen (secondary N) is 1. The zero-order chi connectivity index (χ0) is 17.0. The first kappa shape index (κ1) is 18.0. The molecule has 5 nitrogen and oxygen atoms in total. The second kappa shape index (κ2) is 7.99. The molecule has 23 heavy (non-hydrogen) atoms. The molecule has 1 N–H and O–H groups in total. The van der Waals surface area contributed by atoms with Crippen LogP contribution < -0.4 is 5.32 Å². The molecule has 126 valence electrons. The first-order chi connectivity index (χ1) is 10.9. The molecule has 0 saturated carbocycles. The van der Waals surface area contributed by atoms with E-state index in [0.29, 0.717) is 41.9 Å². The molecule has 7 heteroatoms. The number of hydrogen-bond donors (Lipinski definition) is 1. The van der Waals surface area contributed by atoms with Gasteiger partial charge in [-0.1, -0.05) is 37.0 Å². The molecular weight excluding hydrogens is 337 g/mol. The van der Waals surface area contributed by atoms with Crippen LogP contribution in [0.2, 0.25) is 10.0 Å². The number of halogens is 2. The zero-order valence-electron chi connectivity index (χ0n) is 13.3.